The lowest BCUT2D eigenvalue weighted by Gasteiger charge is -2.09. The molecule has 0 N–H and O–H groups in total. The highest BCUT2D eigenvalue weighted by Gasteiger charge is 2.62. The third kappa shape index (κ3) is 4.52. The van der Waals surface area contributed by atoms with Crippen LogP contribution in [0.1, 0.15) is 25.0 Å². The first-order valence-corrected chi connectivity index (χ1v) is 7.89. The topological polar surface area (TPSA) is 26.3 Å². The summed E-state index contributed by atoms with van der Waals surface area (Å²) in [5.74, 6) is -2.24. The molecule has 0 saturated heterocycles. The molecule has 0 bridgehead atoms. The number of allylic oxidation sites excluding steroid dienone is 2. The molecule has 0 spiro atoms. The number of hydrogen-bond donors (Lipinski definition) is 0. The van der Waals surface area contributed by atoms with E-state index in [1.165, 1.54) is 12.1 Å². The molecule has 1 aliphatic rings. The van der Waals surface area contributed by atoms with Gasteiger partial charge < -0.3 is 4.74 Å². The van der Waals surface area contributed by atoms with Crippen molar-refractivity contribution in [3.05, 3.63) is 46.5 Å². The summed E-state index contributed by atoms with van der Waals surface area (Å²) in [5, 5.41) is -1.30. The molecule has 2 rings (SSSR count). The van der Waals surface area contributed by atoms with Crippen LogP contribution in [0.3, 0.4) is 0 Å². The van der Waals surface area contributed by atoms with Crippen LogP contribution in [0.15, 0.2) is 35.4 Å². The quantitative estimate of drug-likeness (QED) is 0.478. The molecule has 0 aromatic heterocycles. The summed E-state index contributed by atoms with van der Waals surface area (Å²) < 4.78 is 80.0. The second-order valence-corrected chi connectivity index (χ2v) is 7.05. The van der Waals surface area contributed by atoms with Crippen LogP contribution in [0.25, 0.3) is 0 Å². The van der Waals surface area contributed by atoms with Crippen LogP contribution >= 0.6 is 11.6 Å². The number of benzene rings is 1. The fraction of sp³-hybridized carbons (Fsp3) is 0.471. The zero-order chi connectivity index (χ0) is 19.9. The standard InChI is InChI=1S/C17H15ClF6O2/c1-15(2)11(7-12(18)17(22,23)24)13(15)14(25)26-8-9-3-5-10(6-4-9)16(19,20)21/h3-7,11,13H,8H2,1-2H3. The number of carbonyl (C=O) groups is 1. The van der Waals surface area contributed by atoms with E-state index < -0.39 is 46.2 Å². The highest BCUT2D eigenvalue weighted by molar-refractivity contribution is 6.30. The van der Waals surface area contributed by atoms with Gasteiger partial charge >= 0.3 is 18.3 Å². The van der Waals surface area contributed by atoms with Crippen LogP contribution < -0.4 is 0 Å². The van der Waals surface area contributed by atoms with E-state index in [4.69, 9.17) is 16.3 Å². The zero-order valence-corrected chi connectivity index (χ0v) is 14.5. The summed E-state index contributed by atoms with van der Waals surface area (Å²) >= 11 is 5.21. The minimum Gasteiger partial charge on any atom is -0.461 e. The largest absolute Gasteiger partial charge is 0.461 e. The van der Waals surface area contributed by atoms with Gasteiger partial charge in [-0.2, -0.15) is 26.3 Å². The fourth-order valence-electron chi connectivity index (χ4n) is 2.73. The Morgan fingerprint density at radius 2 is 1.69 bits per heavy atom. The zero-order valence-electron chi connectivity index (χ0n) is 13.7. The number of alkyl halides is 6. The second kappa shape index (κ2) is 6.79. The van der Waals surface area contributed by atoms with Gasteiger partial charge in [0.25, 0.3) is 0 Å². The molecule has 0 aliphatic heterocycles. The van der Waals surface area contributed by atoms with Crippen molar-refractivity contribution in [2.24, 2.45) is 17.3 Å². The third-order valence-corrected chi connectivity index (χ3v) is 4.76. The Balaban J connectivity index is 1.98. The van der Waals surface area contributed by atoms with Crippen molar-refractivity contribution in [1.82, 2.24) is 0 Å². The number of ether oxygens (including phenoxy) is 1. The van der Waals surface area contributed by atoms with Gasteiger partial charge in [0, 0.05) is 0 Å². The number of esters is 1. The summed E-state index contributed by atoms with van der Waals surface area (Å²) in [4.78, 5) is 12.1. The summed E-state index contributed by atoms with van der Waals surface area (Å²) in [6.45, 7) is 2.95. The molecule has 0 radical (unpaired) electrons. The van der Waals surface area contributed by atoms with Gasteiger partial charge in [-0.3, -0.25) is 4.79 Å². The Morgan fingerprint density at radius 3 is 2.15 bits per heavy atom. The first kappa shape index (κ1) is 20.6. The second-order valence-electron chi connectivity index (χ2n) is 6.64. The molecule has 1 saturated carbocycles. The van der Waals surface area contributed by atoms with Crippen molar-refractivity contribution >= 4 is 17.6 Å². The molecule has 1 aromatic carbocycles. The Morgan fingerprint density at radius 1 is 1.15 bits per heavy atom. The lowest BCUT2D eigenvalue weighted by Crippen LogP contribution is -2.11. The van der Waals surface area contributed by atoms with Crippen LogP contribution in [0, 0.1) is 17.3 Å². The first-order chi connectivity index (χ1) is 11.7. The van der Waals surface area contributed by atoms with Gasteiger partial charge in [-0.05, 0) is 29.0 Å². The van der Waals surface area contributed by atoms with Crippen LogP contribution in [0.2, 0.25) is 0 Å². The van der Waals surface area contributed by atoms with Crippen LogP contribution in [-0.4, -0.2) is 12.1 Å². The number of halogens is 7. The van der Waals surface area contributed by atoms with Gasteiger partial charge in [-0.25, -0.2) is 0 Å². The maximum Gasteiger partial charge on any atom is 0.426 e. The third-order valence-electron chi connectivity index (χ3n) is 4.42. The van der Waals surface area contributed by atoms with E-state index >= 15 is 0 Å². The maximum absolute atomic E-state index is 12.5. The minimum absolute atomic E-state index is 0.271. The molecule has 26 heavy (non-hydrogen) atoms. The van der Waals surface area contributed by atoms with Crippen molar-refractivity contribution in [3.8, 4) is 0 Å². The van der Waals surface area contributed by atoms with Crippen LogP contribution in [0.4, 0.5) is 26.3 Å². The summed E-state index contributed by atoms with van der Waals surface area (Å²) in [6.07, 6.45) is -8.36. The van der Waals surface area contributed by atoms with Gasteiger partial charge in [0.15, 0.2) is 0 Å². The Kier molecular flexibility index (Phi) is 5.38. The number of rotatable bonds is 4. The lowest BCUT2D eigenvalue weighted by molar-refractivity contribution is -0.147. The molecule has 1 aromatic rings. The molecule has 0 amide bonds. The minimum atomic E-state index is -4.69. The smallest absolute Gasteiger partial charge is 0.426 e. The van der Waals surface area contributed by atoms with E-state index in [9.17, 15) is 31.1 Å². The molecule has 9 heteroatoms. The molecule has 2 nitrogen and oxygen atoms in total. The van der Waals surface area contributed by atoms with E-state index in [2.05, 4.69) is 0 Å². The molecule has 144 valence electrons. The predicted octanol–water partition coefficient (Wildman–Crippen LogP) is 5.71. The highest BCUT2D eigenvalue weighted by atomic mass is 35.5. The fourth-order valence-corrected chi connectivity index (χ4v) is 2.86. The number of hydrogen-bond acceptors (Lipinski definition) is 2. The van der Waals surface area contributed by atoms with Gasteiger partial charge in [0.2, 0.25) is 0 Å². The van der Waals surface area contributed by atoms with E-state index in [-0.39, 0.29) is 6.61 Å². The average Bonchev–Trinajstić information content (AvgIpc) is 3.04. The maximum atomic E-state index is 12.5. The van der Waals surface area contributed by atoms with Crippen molar-refractivity contribution in [3.63, 3.8) is 0 Å². The molecule has 2 unspecified atom stereocenters. The SMILES string of the molecule is CC1(C)C(C=C(Cl)C(F)(F)F)C1C(=O)OCc1ccc(C(F)(F)F)cc1. The van der Waals surface area contributed by atoms with Gasteiger partial charge in [-0.1, -0.05) is 43.7 Å². The van der Waals surface area contributed by atoms with Gasteiger partial charge in [0.05, 0.1) is 11.5 Å². The number of carbonyl (C=O) groups excluding carboxylic acids is 1. The first-order valence-electron chi connectivity index (χ1n) is 7.52. The Labute approximate surface area is 150 Å². The van der Waals surface area contributed by atoms with E-state index in [0.717, 1.165) is 18.2 Å². The summed E-state index contributed by atoms with van der Waals surface area (Å²) in [7, 11) is 0. The molecular formula is C17H15ClF6O2. The van der Waals surface area contributed by atoms with E-state index in [0.29, 0.717) is 5.56 Å². The molecule has 1 fully saturated rings. The van der Waals surface area contributed by atoms with E-state index in [1.54, 1.807) is 13.8 Å². The monoisotopic (exact) mass is 400 g/mol. The van der Waals surface area contributed by atoms with Gasteiger partial charge in [-0.15, -0.1) is 0 Å². The Bertz CT molecular complexity index is 703. The highest BCUT2D eigenvalue weighted by Crippen LogP contribution is 2.60. The average molecular weight is 401 g/mol. The van der Waals surface area contributed by atoms with Crippen LogP contribution in [-0.2, 0) is 22.3 Å². The normalized spacial score (nSPS) is 22.9. The van der Waals surface area contributed by atoms with Crippen molar-refractivity contribution in [2.75, 3.05) is 0 Å². The van der Waals surface area contributed by atoms with Crippen LogP contribution in [0.5, 0.6) is 0 Å². The Hall–Kier alpha value is -1.70. The lowest BCUT2D eigenvalue weighted by atomic mass is 10.1. The van der Waals surface area contributed by atoms with Gasteiger partial charge in [0.1, 0.15) is 11.6 Å². The van der Waals surface area contributed by atoms with Crippen molar-refractivity contribution < 1.29 is 35.9 Å². The molecule has 2 atom stereocenters. The summed E-state index contributed by atoms with van der Waals surface area (Å²) in [6, 6.07) is 4.07. The van der Waals surface area contributed by atoms with Crippen molar-refractivity contribution in [1.29, 1.82) is 0 Å². The predicted molar refractivity (Wildman–Crippen MR) is 82.0 cm³/mol. The molecular weight excluding hydrogens is 386 g/mol. The summed E-state index contributed by atoms with van der Waals surface area (Å²) in [5.41, 5.74) is -1.24. The van der Waals surface area contributed by atoms with E-state index in [1.807, 2.05) is 0 Å². The van der Waals surface area contributed by atoms with Crippen molar-refractivity contribution in [2.45, 2.75) is 32.8 Å². The molecule has 0 heterocycles. The molecule has 1 aliphatic carbocycles.